The number of nitriles is 1. The van der Waals surface area contributed by atoms with Gasteiger partial charge in [-0.1, -0.05) is 20.8 Å². The fraction of sp³-hybridized carbons (Fsp3) is 0.562. The van der Waals surface area contributed by atoms with Gasteiger partial charge in [-0.2, -0.15) is 5.26 Å². The minimum absolute atomic E-state index is 0.104. The molecular weight excluding hydrogens is 241 g/mol. The van der Waals surface area contributed by atoms with Gasteiger partial charge in [0.05, 0.1) is 17.7 Å². The number of rotatable bonds is 2. The molecular formula is C16H20FNO. The molecule has 0 N–H and O–H groups in total. The molecule has 102 valence electrons. The molecule has 2 atom stereocenters. The molecule has 0 heterocycles. The van der Waals surface area contributed by atoms with E-state index in [1.807, 2.05) is 6.07 Å². The van der Waals surface area contributed by atoms with Gasteiger partial charge in [-0.05, 0) is 42.7 Å². The molecule has 1 fully saturated rings. The van der Waals surface area contributed by atoms with E-state index in [2.05, 4.69) is 20.8 Å². The summed E-state index contributed by atoms with van der Waals surface area (Å²) in [5, 5.41) is 8.85. The minimum atomic E-state index is -0.419. The molecule has 1 aliphatic carbocycles. The molecule has 1 aliphatic rings. The monoisotopic (exact) mass is 261 g/mol. The van der Waals surface area contributed by atoms with Gasteiger partial charge in [-0.25, -0.2) is 4.39 Å². The van der Waals surface area contributed by atoms with Crippen LogP contribution in [0.3, 0.4) is 0 Å². The van der Waals surface area contributed by atoms with E-state index in [4.69, 9.17) is 10.00 Å². The van der Waals surface area contributed by atoms with Gasteiger partial charge in [0, 0.05) is 6.07 Å². The number of nitrogens with zero attached hydrogens (tertiary/aromatic N) is 1. The fourth-order valence-corrected chi connectivity index (χ4v) is 3.24. The zero-order valence-electron chi connectivity index (χ0n) is 11.7. The Balaban J connectivity index is 2.13. The molecule has 2 nitrogen and oxygen atoms in total. The number of ether oxygens (including phenoxy) is 1. The highest BCUT2D eigenvalue weighted by Gasteiger charge is 2.33. The van der Waals surface area contributed by atoms with Crippen LogP contribution >= 0.6 is 0 Å². The second kappa shape index (κ2) is 5.21. The minimum Gasteiger partial charge on any atom is -0.490 e. The van der Waals surface area contributed by atoms with Gasteiger partial charge < -0.3 is 4.74 Å². The molecule has 19 heavy (non-hydrogen) atoms. The predicted octanol–water partition coefficient (Wildman–Crippen LogP) is 4.29. The largest absolute Gasteiger partial charge is 0.490 e. The molecule has 0 spiro atoms. The van der Waals surface area contributed by atoms with Crippen molar-refractivity contribution in [3.05, 3.63) is 29.6 Å². The lowest BCUT2D eigenvalue weighted by atomic mass is 9.71. The number of halogens is 1. The van der Waals surface area contributed by atoms with Crippen LogP contribution in [0.5, 0.6) is 5.75 Å². The number of benzene rings is 1. The Morgan fingerprint density at radius 2 is 2.05 bits per heavy atom. The SMILES string of the molecule is CC1CC(Oc2cc(F)cc(C#N)c2)CC(C)(C)C1. The topological polar surface area (TPSA) is 33.0 Å². The standard InChI is InChI=1S/C16H20FNO/c1-11-4-15(9-16(2,3)8-11)19-14-6-12(10-18)5-13(17)7-14/h5-7,11,15H,4,8-9H2,1-3H3. The molecule has 0 aromatic heterocycles. The van der Waals surface area contributed by atoms with Crippen molar-refractivity contribution in [2.45, 2.75) is 46.1 Å². The van der Waals surface area contributed by atoms with Crippen molar-refractivity contribution >= 4 is 0 Å². The number of hydrogen-bond acceptors (Lipinski definition) is 2. The summed E-state index contributed by atoms with van der Waals surface area (Å²) in [4.78, 5) is 0. The lowest BCUT2D eigenvalue weighted by Gasteiger charge is -2.38. The maximum absolute atomic E-state index is 13.4. The lowest BCUT2D eigenvalue weighted by molar-refractivity contribution is 0.0560. The molecule has 0 radical (unpaired) electrons. The highest BCUT2D eigenvalue weighted by molar-refractivity contribution is 5.37. The van der Waals surface area contributed by atoms with Crippen molar-refractivity contribution in [3.8, 4) is 11.8 Å². The van der Waals surface area contributed by atoms with Crippen molar-refractivity contribution < 1.29 is 9.13 Å². The van der Waals surface area contributed by atoms with E-state index in [0.717, 1.165) is 12.8 Å². The average molecular weight is 261 g/mol. The van der Waals surface area contributed by atoms with E-state index < -0.39 is 5.82 Å². The van der Waals surface area contributed by atoms with Crippen LogP contribution in [-0.4, -0.2) is 6.10 Å². The lowest BCUT2D eigenvalue weighted by Crippen LogP contribution is -2.34. The zero-order chi connectivity index (χ0) is 14.0. The Kier molecular flexibility index (Phi) is 3.80. The highest BCUT2D eigenvalue weighted by atomic mass is 19.1. The van der Waals surface area contributed by atoms with Crippen LogP contribution < -0.4 is 4.74 Å². The first kappa shape index (κ1) is 13.9. The Bertz CT molecular complexity index is 504. The van der Waals surface area contributed by atoms with Crippen molar-refractivity contribution in [2.75, 3.05) is 0 Å². The molecule has 1 aromatic rings. The molecule has 3 heteroatoms. The van der Waals surface area contributed by atoms with Gasteiger partial charge in [-0.15, -0.1) is 0 Å². The van der Waals surface area contributed by atoms with Crippen LogP contribution in [0.4, 0.5) is 4.39 Å². The van der Waals surface area contributed by atoms with E-state index in [0.29, 0.717) is 17.2 Å². The Morgan fingerprint density at radius 3 is 2.68 bits per heavy atom. The van der Waals surface area contributed by atoms with Crippen LogP contribution in [0.1, 0.15) is 45.6 Å². The second-order valence-electron chi connectivity index (χ2n) is 6.44. The third-order valence-corrected chi connectivity index (χ3v) is 3.65. The van der Waals surface area contributed by atoms with Crippen LogP contribution in [0, 0.1) is 28.5 Å². The van der Waals surface area contributed by atoms with E-state index in [1.165, 1.54) is 18.6 Å². The van der Waals surface area contributed by atoms with Gasteiger partial charge in [0.15, 0.2) is 0 Å². The molecule has 2 unspecified atom stereocenters. The summed E-state index contributed by atoms with van der Waals surface area (Å²) in [5.41, 5.74) is 0.561. The van der Waals surface area contributed by atoms with Crippen molar-refractivity contribution in [1.29, 1.82) is 5.26 Å². The Morgan fingerprint density at radius 1 is 1.32 bits per heavy atom. The van der Waals surface area contributed by atoms with Gasteiger partial charge >= 0.3 is 0 Å². The molecule has 0 saturated heterocycles. The summed E-state index contributed by atoms with van der Waals surface area (Å²) in [6, 6.07) is 6.13. The van der Waals surface area contributed by atoms with Crippen molar-refractivity contribution in [2.24, 2.45) is 11.3 Å². The third-order valence-electron chi connectivity index (χ3n) is 3.65. The summed E-state index contributed by atoms with van der Waals surface area (Å²) >= 11 is 0. The van der Waals surface area contributed by atoms with Gasteiger partial charge in [-0.3, -0.25) is 0 Å². The first-order valence-corrected chi connectivity index (χ1v) is 6.75. The van der Waals surface area contributed by atoms with Gasteiger partial charge in [0.2, 0.25) is 0 Å². The predicted molar refractivity (Wildman–Crippen MR) is 72.3 cm³/mol. The Hall–Kier alpha value is -1.56. The molecule has 0 bridgehead atoms. The van der Waals surface area contributed by atoms with E-state index in [-0.39, 0.29) is 11.5 Å². The van der Waals surface area contributed by atoms with Crippen LogP contribution in [0.2, 0.25) is 0 Å². The summed E-state index contributed by atoms with van der Waals surface area (Å²) in [6.45, 7) is 6.71. The van der Waals surface area contributed by atoms with Crippen molar-refractivity contribution in [1.82, 2.24) is 0 Å². The molecule has 1 aromatic carbocycles. The first-order chi connectivity index (χ1) is 8.88. The summed E-state index contributed by atoms with van der Waals surface area (Å²) < 4.78 is 19.3. The second-order valence-corrected chi connectivity index (χ2v) is 6.44. The number of hydrogen-bond donors (Lipinski definition) is 0. The molecule has 1 saturated carbocycles. The maximum Gasteiger partial charge on any atom is 0.128 e. The highest BCUT2D eigenvalue weighted by Crippen LogP contribution is 2.40. The quantitative estimate of drug-likeness (QED) is 0.795. The van der Waals surface area contributed by atoms with E-state index >= 15 is 0 Å². The first-order valence-electron chi connectivity index (χ1n) is 6.75. The smallest absolute Gasteiger partial charge is 0.128 e. The summed E-state index contributed by atoms with van der Waals surface area (Å²) in [5.74, 6) is 0.654. The zero-order valence-corrected chi connectivity index (χ0v) is 11.7. The van der Waals surface area contributed by atoms with Crippen LogP contribution in [0.25, 0.3) is 0 Å². The normalized spacial score (nSPS) is 25.6. The average Bonchev–Trinajstić information content (AvgIpc) is 2.24. The summed E-state index contributed by atoms with van der Waals surface area (Å²) in [6.07, 6.45) is 3.25. The molecule has 0 amide bonds. The molecule has 0 aliphatic heterocycles. The van der Waals surface area contributed by atoms with Crippen LogP contribution in [0.15, 0.2) is 18.2 Å². The Labute approximate surface area is 114 Å². The maximum atomic E-state index is 13.4. The van der Waals surface area contributed by atoms with Crippen LogP contribution in [-0.2, 0) is 0 Å². The summed E-state index contributed by atoms with van der Waals surface area (Å²) in [7, 11) is 0. The fourth-order valence-electron chi connectivity index (χ4n) is 3.24. The van der Waals surface area contributed by atoms with Crippen molar-refractivity contribution in [3.63, 3.8) is 0 Å². The van der Waals surface area contributed by atoms with E-state index in [1.54, 1.807) is 6.07 Å². The third kappa shape index (κ3) is 3.70. The van der Waals surface area contributed by atoms with Gasteiger partial charge in [0.25, 0.3) is 0 Å². The molecule has 2 rings (SSSR count). The van der Waals surface area contributed by atoms with Gasteiger partial charge in [0.1, 0.15) is 11.6 Å². The van der Waals surface area contributed by atoms with E-state index in [9.17, 15) is 4.39 Å².